The Morgan fingerprint density at radius 3 is 2.48 bits per heavy atom. The van der Waals surface area contributed by atoms with Crippen molar-refractivity contribution in [3.05, 3.63) is 54.1 Å². The van der Waals surface area contributed by atoms with E-state index < -0.39 is 11.9 Å². The van der Waals surface area contributed by atoms with Crippen LogP contribution in [-0.2, 0) is 9.59 Å². The van der Waals surface area contributed by atoms with Gasteiger partial charge >= 0.3 is 5.97 Å². The fraction of sp³-hybridized carbons (Fsp3) is 0.300. The summed E-state index contributed by atoms with van der Waals surface area (Å²) in [4.78, 5) is 26.4. The Bertz CT molecular complexity index is 770. The molecule has 0 aromatic heterocycles. The van der Waals surface area contributed by atoms with Crippen LogP contribution >= 0.6 is 0 Å². The van der Waals surface area contributed by atoms with Crippen molar-refractivity contribution in [1.82, 2.24) is 0 Å². The molecule has 1 aliphatic rings. The molecule has 130 valence electrons. The molecule has 1 aliphatic heterocycles. The van der Waals surface area contributed by atoms with Crippen molar-refractivity contribution in [1.29, 1.82) is 0 Å². The molecule has 0 radical (unpaired) electrons. The molecule has 25 heavy (non-hydrogen) atoms. The number of aryl methyl sites for hydroxylation is 1. The molecule has 0 saturated carbocycles. The lowest BCUT2D eigenvalue weighted by atomic mass is 10.1. The maximum atomic E-state index is 12.5. The summed E-state index contributed by atoms with van der Waals surface area (Å²) in [5, 5.41) is 0. The van der Waals surface area contributed by atoms with Crippen molar-refractivity contribution in [2.24, 2.45) is 5.92 Å². The lowest BCUT2D eigenvalue weighted by Crippen LogP contribution is -2.27. The minimum atomic E-state index is -0.483. The van der Waals surface area contributed by atoms with Crippen LogP contribution < -0.4 is 14.4 Å². The third-order valence-electron chi connectivity index (χ3n) is 4.16. The van der Waals surface area contributed by atoms with Gasteiger partial charge in [-0.3, -0.25) is 9.59 Å². The highest BCUT2D eigenvalue weighted by molar-refractivity contribution is 5.99. The highest BCUT2D eigenvalue weighted by Gasteiger charge is 2.36. The Kier molecular flexibility index (Phi) is 5.03. The van der Waals surface area contributed by atoms with E-state index in [2.05, 4.69) is 0 Å². The van der Waals surface area contributed by atoms with Crippen LogP contribution in [0.25, 0.3) is 0 Å². The molecule has 1 fully saturated rings. The minimum absolute atomic E-state index is 0.0658. The number of hydrogen-bond acceptors (Lipinski definition) is 4. The van der Waals surface area contributed by atoms with Gasteiger partial charge < -0.3 is 14.4 Å². The SMILES string of the molecule is CCOc1ccccc1OC(=O)C1CC(=O)N(c2ccc(C)cc2)C1. The first-order valence-electron chi connectivity index (χ1n) is 8.39. The fourth-order valence-corrected chi connectivity index (χ4v) is 2.84. The number of benzene rings is 2. The average Bonchev–Trinajstić information content (AvgIpc) is 2.99. The van der Waals surface area contributed by atoms with E-state index >= 15 is 0 Å². The van der Waals surface area contributed by atoms with Crippen molar-refractivity contribution in [3.63, 3.8) is 0 Å². The van der Waals surface area contributed by atoms with E-state index in [1.54, 1.807) is 23.1 Å². The number of carbonyl (C=O) groups is 2. The van der Waals surface area contributed by atoms with Crippen LogP contribution in [0.5, 0.6) is 11.5 Å². The minimum Gasteiger partial charge on any atom is -0.490 e. The van der Waals surface area contributed by atoms with Gasteiger partial charge in [0.15, 0.2) is 11.5 Å². The van der Waals surface area contributed by atoms with Gasteiger partial charge in [0.05, 0.1) is 12.5 Å². The molecule has 1 saturated heterocycles. The molecule has 0 bridgehead atoms. The standard InChI is InChI=1S/C20H21NO4/c1-3-24-17-6-4-5-7-18(17)25-20(23)15-12-19(22)21(13-15)16-10-8-14(2)9-11-16/h4-11,15H,3,12-13H2,1-2H3. The molecule has 1 atom stereocenters. The number of amides is 1. The molecule has 5 nitrogen and oxygen atoms in total. The Balaban J connectivity index is 1.70. The van der Waals surface area contributed by atoms with Gasteiger partial charge in [-0.15, -0.1) is 0 Å². The second-order valence-corrected chi connectivity index (χ2v) is 6.04. The number of nitrogens with zero attached hydrogens (tertiary/aromatic N) is 1. The molecule has 2 aromatic carbocycles. The second kappa shape index (κ2) is 7.38. The molecule has 0 spiro atoms. The van der Waals surface area contributed by atoms with Gasteiger partial charge in [0.1, 0.15) is 0 Å². The normalized spacial score (nSPS) is 16.8. The molecule has 1 amide bonds. The molecular weight excluding hydrogens is 318 g/mol. The number of para-hydroxylation sites is 2. The van der Waals surface area contributed by atoms with Gasteiger partial charge in [-0.05, 0) is 38.1 Å². The van der Waals surface area contributed by atoms with E-state index in [4.69, 9.17) is 9.47 Å². The van der Waals surface area contributed by atoms with E-state index in [9.17, 15) is 9.59 Å². The maximum absolute atomic E-state index is 12.5. The monoisotopic (exact) mass is 339 g/mol. The van der Waals surface area contributed by atoms with Crippen LogP contribution in [0.4, 0.5) is 5.69 Å². The number of ether oxygens (including phenoxy) is 2. The summed E-state index contributed by atoms with van der Waals surface area (Å²) in [5.41, 5.74) is 1.93. The van der Waals surface area contributed by atoms with Crippen molar-refractivity contribution in [2.45, 2.75) is 20.3 Å². The van der Waals surface area contributed by atoms with Gasteiger partial charge in [-0.25, -0.2) is 0 Å². The predicted molar refractivity (Wildman–Crippen MR) is 94.9 cm³/mol. The number of esters is 1. The van der Waals surface area contributed by atoms with Crippen LogP contribution in [-0.4, -0.2) is 25.0 Å². The molecule has 3 rings (SSSR count). The van der Waals surface area contributed by atoms with Crippen molar-refractivity contribution in [3.8, 4) is 11.5 Å². The number of hydrogen-bond donors (Lipinski definition) is 0. The highest BCUT2D eigenvalue weighted by atomic mass is 16.6. The Hall–Kier alpha value is -2.82. The van der Waals surface area contributed by atoms with E-state index in [0.29, 0.717) is 24.7 Å². The van der Waals surface area contributed by atoms with E-state index in [1.165, 1.54) is 0 Å². The molecule has 5 heteroatoms. The smallest absolute Gasteiger partial charge is 0.316 e. The van der Waals surface area contributed by atoms with E-state index in [1.807, 2.05) is 44.2 Å². The largest absolute Gasteiger partial charge is 0.490 e. The van der Waals surface area contributed by atoms with Gasteiger partial charge in [0, 0.05) is 18.7 Å². The topological polar surface area (TPSA) is 55.8 Å². The Labute approximate surface area is 147 Å². The lowest BCUT2D eigenvalue weighted by Gasteiger charge is -2.17. The highest BCUT2D eigenvalue weighted by Crippen LogP contribution is 2.30. The van der Waals surface area contributed by atoms with Crippen molar-refractivity contribution >= 4 is 17.6 Å². The lowest BCUT2D eigenvalue weighted by molar-refractivity contribution is -0.139. The Morgan fingerprint density at radius 1 is 1.12 bits per heavy atom. The van der Waals surface area contributed by atoms with Gasteiger partial charge in [0.2, 0.25) is 5.91 Å². The fourth-order valence-electron chi connectivity index (χ4n) is 2.84. The summed E-state index contributed by atoms with van der Waals surface area (Å²) in [6.07, 6.45) is 0.156. The number of rotatable bonds is 5. The number of anilines is 1. The quantitative estimate of drug-likeness (QED) is 0.619. The molecule has 1 heterocycles. The molecule has 0 N–H and O–H groups in total. The maximum Gasteiger partial charge on any atom is 0.316 e. The van der Waals surface area contributed by atoms with Crippen LogP contribution in [0.1, 0.15) is 18.9 Å². The summed E-state index contributed by atoms with van der Waals surface area (Å²) in [5.74, 6) is -0.0452. The first-order valence-corrected chi connectivity index (χ1v) is 8.39. The van der Waals surface area contributed by atoms with Crippen LogP contribution in [0.15, 0.2) is 48.5 Å². The predicted octanol–water partition coefficient (Wildman–Crippen LogP) is 3.35. The first kappa shape index (κ1) is 17.0. The third-order valence-corrected chi connectivity index (χ3v) is 4.16. The summed E-state index contributed by atoms with van der Waals surface area (Å²) < 4.78 is 11.0. The van der Waals surface area contributed by atoms with Gasteiger partial charge in [-0.1, -0.05) is 29.8 Å². The van der Waals surface area contributed by atoms with Crippen molar-refractivity contribution < 1.29 is 19.1 Å². The number of carbonyl (C=O) groups excluding carboxylic acids is 2. The van der Waals surface area contributed by atoms with Crippen LogP contribution in [0.2, 0.25) is 0 Å². The zero-order chi connectivity index (χ0) is 17.8. The second-order valence-electron chi connectivity index (χ2n) is 6.04. The molecular formula is C20H21NO4. The zero-order valence-corrected chi connectivity index (χ0v) is 14.4. The summed E-state index contributed by atoms with van der Waals surface area (Å²) in [6.45, 7) is 4.68. The van der Waals surface area contributed by atoms with Gasteiger partial charge in [-0.2, -0.15) is 0 Å². The summed E-state index contributed by atoms with van der Waals surface area (Å²) >= 11 is 0. The molecule has 1 unspecified atom stereocenters. The zero-order valence-electron chi connectivity index (χ0n) is 14.4. The van der Waals surface area contributed by atoms with E-state index in [-0.39, 0.29) is 12.3 Å². The molecule has 0 aliphatic carbocycles. The average molecular weight is 339 g/mol. The third kappa shape index (κ3) is 3.82. The van der Waals surface area contributed by atoms with Crippen LogP contribution in [0.3, 0.4) is 0 Å². The van der Waals surface area contributed by atoms with Crippen LogP contribution in [0, 0.1) is 12.8 Å². The first-order chi connectivity index (χ1) is 12.1. The molecule has 2 aromatic rings. The summed E-state index contributed by atoms with van der Waals surface area (Å²) in [6, 6.07) is 14.7. The summed E-state index contributed by atoms with van der Waals surface area (Å²) in [7, 11) is 0. The van der Waals surface area contributed by atoms with E-state index in [0.717, 1.165) is 11.3 Å². The van der Waals surface area contributed by atoms with Crippen molar-refractivity contribution in [2.75, 3.05) is 18.1 Å². The van der Waals surface area contributed by atoms with Gasteiger partial charge in [0.25, 0.3) is 0 Å². The Morgan fingerprint density at radius 2 is 1.80 bits per heavy atom.